The Bertz CT molecular complexity index is 847. The molecule has 1 aromatic carbocycles. The quantitative estimate of drug-likeness (QED) is 0.616. The van der Waals surface area contributed by atoms with Gasteiger partial charge in [-0.05, 0) is 13.0 Å². The van der Waals surface area contributed by atoms with Crippen molar-refractivity contribution in [3.8, 4) is 0 Å². The lowest BCUT2D eigenvalue weighted by Crippen LogP contribution is -2.75. The van der Waals surface area contributed by atoms with E-state index < -0.39 is 23.9 Å². The van der Waals surface area contributed by atoms with Crippen molar-refractivity contribution < 1.29 is 23.5 Å². The number of amides is 4. The molecule has 10 nitrogen and oxygen atoms in total. The first kappa shape index (κ1) is 21.5. The summed E-state index contributed by atoms with van der Waals surface area (Å²) in [5, 5.41) is 9.42. The summed E-state index contributed by atoms with van der Waals surface area (Å²) in [6.45, 7) is 4.70. The third kappa shape index (κ3) is 4.48. The lowest BCUT2D eigenvalue weighted by atomic mass is 9.99. The molecule has 3 aliphatic heterocycles. The number of hydrogen-bond acceptors (Lipinski definition) is 7. The number of imide groups is 1. The number of piperazine rings is 1. The van der Waals surface area contributed by atoms with Crippen molar-refractivity contribution in [2.45, 2.75) is 25.9 Å². The number of nitrogens with one attached hydrogen (secondary N) is 3. The van der Waals surface area contributed by atoms with Crippen LogP contribution in [0.25, 0.3) is 0 Å². The zero-order chi connectivity index (χ0) is 22.0. The Balaban J connectivity index is 1.34. The first-order chi connectivity index (χ1) is 15.0. The highest BCUT2D eigenvalue weighted by Gasteiger charge is 2.45. The van der Waals surface area contributed by atoms with Crippen molar-refractivity contribution in [1.82, 2.24) is 30.7 Å². The van der Waals surface area contributed by atoms with Gasteiger partial charge in [-0.2, -0.15) is 0 Å². The molecule has 1 aromatic rings. The monoisotopic (exact) mass is 434 g/mol. The van der Waals surface area contributed by atoms with Gasteiger partial charge < -0.3 is 15.0 Å². The highest BCUT2D eigenvalue weighted by molar-refractivity contribution is 5.98. The Morgan fingerprint density at radius 3 is 2.65 bits per heavy atom. The number of nitrogens with zero attached hydrogens (tertiary/aromatic N) is 3. The fourth-order valence-electron chi connectivity index (χ4n) is 4.14. The maximum absolute atomic E-state index is 14.0. The van der Waals surface area contributed by atoms with Gasteiger partial charge in [0.1, 0.15) is 12.1 Å². The summed E-state index contributed by atoms with van der Waals surface area (Å²) in [5.74, 6) is -1.30. The van der Waals surface area contributed by atoms with Gasteiger partial charge in [-0.15, -0.1) is 0 Å². The van der Waals surface area contributed by atoms with Crippen LogP contribution in [0.1, 0.15) is 12.5 Å². The molecule has 3 fully saturated rings. The topological polar surface area (TPSA) is 106 Å². The van der Waals surface area contributed by atoms with E-state index >= 15 is 0 Å². The molecule has 0 bridgehead atoms. The average molecular weight is 434 g/mol. The fraction of sp³-hybridized carbons (Fsp3) is 0.550. The lowest BCUT2D eigenvalue weighted by molar-refractivity contribution is -0.138. The first-order valence-corrected chi connectivity index (χ1v) is 10.5. The Kier molecular flexibility index (Phi) is 6.35. The van der Waals surface area contributed by atoms with Gasteiger partial charge in [0.25, 0.3) is 0 Å². The first-order valence-electron chi connectivity index (χ1n) is 10.5. The zero-order valence-electron chi connectivity index (χ0n) is 17.3. The molecule has 0 aliphatic carbocycles. The predicted molar refractivity (Wildman–Crippen MR) is 108 cm³/mol. The Morgan fingerprint density at radius 2 is 1.94 bits per heavy atom. The van der Waals surface area contributed by atoms with Crippen LogP contribution in [0.5, 0.6) is 0 Å². The van der Waals surface area contributed by atoms with Crippen molar-refractivity contribution in [2.24, 2.45) is 5.92 Å². The van der Waals surface area contributed by atoms with Gasteiger partial charge in [-0.3, -0.25) is 25.2 Å². The number of rotatable bonds is 4. The summed E-state index contributed by atoms with van der Waals surface area (Å²) in [7, 11) is 0. The molecule has 4 rings (SSSR count). The molecule has 3 unspecified atom stereocenters. The largest absolute Gasteiger partial charge is 0.450 e. The van der Waals surface area contributed by atoms with Gasteiger partial charge >= 0.3 is 12.1 Å². The van der Waals surface area contributed by atoms with Crippen molar-refractivity contribution in [3.63, 3.8) is 0 Å². The van der Waals surface area contributed by atoms with E-state index in [-0.39, 0.29) is 24.8 Å². The van der Waals surface area contributed by atoms with Crippen LogP contribution in [0.4, 0.5) is 14.0 Å². The number of benzene rings is 1. The molecular formula is C20H27FN6O4. The third-order valence-corrected chi connectivity index (χ3v) is 5.87. The number of halogens is 1. The fourth-order valence-corrected chi connectivity index (χ4v) is 4.14. The number of carbonyl (C=O) groups is 3. The van der Waals surface area contributed by atoms with Crippen LogP contribution in [0.15, 0.2) is 24.3 Å². The number of hydrogen-bond donors (Lipinski definition) is 3. The zero-order valence-corrected chi connectivity index (χ0v) is 17.3. The van der Waals surface area contributed by atoms with Crippen molar-refractivity contribution in [2.75, 3.05) is 39.3 Å². The molecule has 0 saturated carbocycles. The van der Waals surface area contributed by atoms with Crippen LogP contribution in [-0.4, -0.2) is 84.5 Å². The molecular weight excluding hydrogens is 407 g/mol. The number of urea groups is 1. The van der Waals surface area contributed by atoms with Crippen LogP contribution in [-0.2, 0) is 16.1 Å². The Hall–Kier alpha value is -2.76. The van der Waals surface area contributed by atoms with Crippen LogP contribution < -0.4 is 16.0 Å². The minimum absolute atomic E-state index is 0.111. The maximum Gasteiger partial charge on any atom is 0.409 e. The van der Waals surface area contributed by atoms with Crippen LogP contribution in [0.3, 0.4) is 0 Å². The van der Waals surface area contributed by atoms with Crippen LogP contribution in [0, 0.1) is 11.7 Å². The van der Waals surface area contributed by atoms with Gasteiger partial charge in [0.2, 0.25) is 5.91 Å². The van der Waals surface area contributed by atoms with Crippen LogP contribution >= 0.6 is 0 Å². The van der Waals surface area contributed by atoms with E-state index in [4.69, 9.17) is 4.74 Å². The normalized spacial score (nSPS) is 27.0. The van der Waals surface area contributed by atoms with Gasteiger partial charge in [-0.25, -0.2) is 14.0 Å². The number of carbonyl (C=O) groups excluding carboxylic acids is 3. The minimum Gasteiger partial charge on any atom is -0.450 e. The van der Waals surface area contributed by atoms with E-state index in [0.717, 1.165) is 4.90 Å². The van der Waals surface area contributed by atoms with Gasteiger partial charge in [0.15, 0.2) is 0 Å². The predicted octanol–water partition coefficient (Wildman–Crippen LogP) is 0.0703. The lowest BCUT2D eigenvalue weighted by Gasteiger charge is -2.47. The van der Waals surface area contributed by atoms with Gasteiger partial charge in [-0.1, -0.05) is 18.2 Å². The second kappa shape index (κ2) is 9.16. The number of fused-ring (bicyclic) bond motifs is 1. The minimum atomic E-state index is -0.546. The van der Waals surface area contributed by atoms with E-state index in [0.29, 0.717) is 44.9 Å². The van der Waals surface area contributed by atoms with E-state index in [1.165, 1.54) is 6.07 Å². The standard InChI is InChI=1S/C20H27FN6O4/c1-2-31-20(30)26-9-7-25(8-10-26)18-22-11-14-16(23-18)24-19(29)27(17(14)28)12-13-5-3-4-6-15(13)21/h3-6,14,16,18,22-23H,2,7-12H2,1H3,(H,24,29). The Labute approximate surface area is 179 Å². The molecule has 11 heteroatoms. The summed E-state index contributed by atoms with van der Waals surface area (Å²) in [6, 6.07) is 5.55. The molecule has 0 spiro atoms. The molecule has 4 amide bonds. The second-order valence-corrected chi connectivity index (χ2v) is 7.75. The molecule has 3 aliphatic rings. The summed E-state index contributed by atoms with van der Waals surface area (Å²) in [4.78, 5) is 42.2. The molecule has 31 heavy (non-hydrogen) atoms. The van der Waals surface area contributed by atoms with Crippen LogP contribution in [0.2, 0.25) is 0 Å². The average Bonchev–Trinajstić information content (AvgIpc) is 2.77. The third-order valence-electron chi connectivity index (χ3n) is 5.87. The molecule has 0 aromatic heterocycles. The second-order valence-electron chi connectivity index (χ2n) is 7.75. The summed E-state index contributed by atoms with van der Waals surface area (Å²) in [6.07, 6.45) is -1.07. The highest BCUT2D eigenvalue weighted by Crippen LogP contribution is 2.21. The molecule has 0 radical (unpaired) electrons. The molecule has 3 saturated heterocycles. The van der Waals surface area contributed by atoms with Gasteiger partial charge in [0, 0.05) is 38.3 Å². The van der Waals surface area contributed by atoms with E-state index in [2.05, 4.69) is 20.9 Å². The van der Waals surface area contributed by atoms with Crippen molar-refractivity contribution in [1.29, 1.82) is 0 Å². The Morgan fingerprint density at radius 1 is 1.19 bits per heavy atom. The molecule has 168 valence electrons. The van der Waals surface area contributed by atoms with Gasteiger partial charge in [0.05, 0.1) is 25.2 Å². The van der Waals surface area contributed by atoms with Crippen molar-refractivity contribution in [3.05, 3.63) is 35.6 Å². The smallest absolute Gasteiger partial charge is 0.409 e. The highest BCUT2D eigenvalue weighted by atomic mass is 19.1. The van der Waals surface area contributed by atoms with E-state index in [1.807, 2.05) is 0 Å². The molecule has 3 atom stereocenters. The van der Waals surface area contributed by atoms with E-state index in [1.54, 1.807) is 30.0 Å². The maximum atomic E-state index is 14.0. The number of ether oxygens (including phenoxy) is 1. The summed E-state index contributed by atoms with van der Waals surface area (Å²) in [5.41, 5.74) is 0.290. The van der Waals surface area contributed by atoms with E-state index in [9.17, 15) is 18.8 Å². The molecule has 3 N–H and O–H groups in total. The molecule has 3 heterocycles. The summed E-state index contributed by atoms with van der Waals surface area (Å²) >= 11 is 0. The SMILES string of the molecule is CCOC(=O)N1CCN(C2NCC3C(=O)N(Cc4ccccc4F)C(=O)NC3N2)CC1. The summed E-state index contributed by atoms with van der Waals surface area (Å²) < 4.78 is 19.0. The van der Waals surface area contributed by atoms with Crippen molar-refractivity contribution >= 4 is 18.0 Å².